The first kappa shape index (κ1) is 14.5. The lowest BCUT2D eigenvalue weighted by molar-refractivity contribution is -0.117. The van der Waals surface area contributed by atoms with Crippen molar-refractivity contribution in [2.45, 2.75) is 13.5 Å². The van der Waals surface area contributed by atoms with Crippen molar-refractivity contribution in [2.75, 3.05) is 13.2 Å². The lowest BCUT2D eigenvalue weighted by Gasteiger charge is -2.13. The zero-order valence-corrected chi connectivity index (χ0v) is 12.6. The normalized spacial score (nSPS) is 10.3. The van der Waals surface area contributed by atoms with Gasteiger partial charge in [-0.15, -0.1) is 0 Å². The second kappa shape index (κ2) is 6.98. The second-order valence-corrected chi connectivity index (χ2v) is 5.15. The van der Waals surface area contributed by atoms with E-state index in [0.717, 1.165) is 20.3 Å². The summed E-state index contributed by atoms with van der Waals surface area (Å²) in [5, 5.41) is 2.96. The highest BCUT2D eigenvalue weighted by molar-refractivity contribution is 9.11. The molecule has 1 aromatic rings. The third-order valence-electron chi connectivity index (χ3n) is 1.99. The minimum Gasteiger partial charge on any atom is -0.492 e. The Morgan fingerprint density at radius 3 is 2.76 bits per heavy atom. The number of amides is 1. The summed E-state index contributed by atoms with van der Waals surface area (Å²) in [6.45, 7) is 3.18. The third kappa shape index (κ3) is 4.65. The average molecular weight is 366 g/mol. The van der Waals surface area contributed by atoms with Crippen molar-refractivity contribution in [2.24, 2.45) is 5.73 Å². The molecule has 3 N–H and O–H groups in total. The largest absolute Gasteiger partial charge is 0.492 e. The van der Waals surface area contributed by atoms with E-state index in [1.54, 1.807) is 0 Å². The Morgan fingerprint density at radius 1 is 1.47 bits per heavy atom. The maximum atomic E-state index is 10.6. The summed E-state index contributed by atoms with van der Waals surface area (Å²) in [6, 6.07) is 3.87. The van der Waals surface area contributed by atoms with E-state index in [1.807, 2.05) is 19.1 Å². The van der Waals surface area contributed by atoms with Crippen LogP contribution in [0.3, 0.4) is 0 Å². The number of nitrogens with two attached hydrogens (primary N) is 1. The molecular weight excluding hydrogens is 352 g/mol. The lowest BCUT2D eigenvalue weighted by Crippen LogP contribution is -2.28. The van der Waals surface area contributed by atoms with Gasteiger partial charge in [-0.05, 0) is 35.0 Å². The lowest BCUT2D eigenvalue weighted by atomic mass is 10.2. The van der Waals surface area contributed by atoms with Crippen LogP contribution in [0.15, 0.2) is 21.1 Å². The van der Waals surface area contributed by atoms with Crippen LogP contribution < -0.4 is 15.8 Å². The first-order valence-electron chi connectivity index (χ1n) is 5.14. The van der Waals surface area contributed by atoms with E-state index < -0.39 is 0 Å². The Bertz CT molecular complexity index is 411. The molecule has 0 saturated carbocycles. The second-order valence-electron chi connectivity index (χ2n) is 3.38. The molecule has 0 unspecified atom stereocenters. The minimum absolute atomic E-state index is 0.149. The fraction of sp³-hybridized carbons (Fsp3) is 0.364. The van der Waals surface area contributed by atoms with Gasteiger partial charge in [-0.1, -0.05) is 15.9 Å². The standard InChI is InChI=1S/C11H14Br2N2O2/c1-2-17-11-7(5-15-6-10(14)16)3-8(12)4-9(11)13/h3-4,15H,2,5-6H2,1H3,(H2,14,16). The Balaban J connectivity index is 2.83. The molecule has 0 bridgehead atoms. The van der Waals surface area contributed by atoms with Crippen molar-refractivity contribution in [1.29, 1.82) is 0 Å². The van der Waals surface area contributed by atoms with Crippen LogP contribution in [0, 0.1) is 0 Å². The third-order valence-corrected chi connectivity index (χ3v) is 3.04. The fourth-order valence-corrected chi connectivity index (χ4v) is 2.80. The van der Waals surface area contributed by atoms with E-state index in [2.05, 4.69) is 37.2 Å². The summed E-state index contributed by atoms with van der Waals surface area (Å²) < 4.78 is 7.38. The molecule has 1 amide bonds. The van der Waals surface area contributed by atoms with Crippen molar-refractivity contribution in [3.8, 4) is 5.75 Å². The van der Waals surface area contributed by atoms with E-state index in [9.17, 15) is 4.79 Å². The molecule has 4 nitrogen and oxygen atoms in total. The zero-order chi connectivity index (χ0) is 12.8. The number of carbonyl (C=O) groups is 1. The van der Waals surface area contributed by atoms with Crippen LogP contribution in [0.25, 0.3) is 0 Å². The van der Waals surface area contributed by atoms with Gasteiger partial charge in [-0.3, -0.25) is 4.79 Å². The monoisotopic (exact) mass is 364 g/mol. The van der Waals surface area contributed by atoms with Crippen molar-refractivity contribution in [3.63, 3.8) is 0 Å². The van der Waals surface area contributed by atoms with E-state index >= 15 is 0 Å². The molecule has 0 aliphatic rings. The Kier molecular flexibility index (Phi) is 5.94. The van der Waals surface area contributed by atoms with Crippen molar-refractivity contribution in [3.05, 3.63) is 26.6 Å². The summed E-state index contributed by atoms with van der Waals surface area (Å²) in [6.07, 6.45) is 0. The average Bonchev–Trinajstić information content (AvgIpc) is 2.22. The molecule has 6 heteroatoms. The Labute approximate surface area is 117 Å². The van der Waals surface area contributed by atoms with Gasteiger partial charge in [0.1, 0.15) is 5.75 Å². The Hall–Kier alpha value is -0.590. The van der Waals surface area contributed by atoms with Crippen LogP contribution in [0.4, 0.5) is 0 Å². The molecule has 94 valence electrons. The Morgan fingerprint density at radius 2 is 2.18 bits per heavy atom. The number of hydrogen-bond donors (Lipinski definition) is 2. The first-order valence-corrected chi connectivity index (χ1v) is 6.73. The smallest absolute Gasteiger partial charge is 0.231 e. The van der Waals surface area contributed by atoms with Gasteiger partial charge in [0.15, 0.2) is 0 Å². The number of rotatable bonds is 6. The zero-order valence-electron chi connectivity index (χ0n) is 9.43. The van der Waals surface area contributed by atoms with Crippen molar-refractivity contribution < 1.29 is 9.53 Å². The van der Waals surface area contributed by atoms with Crippen LogP contribution >= 0.6 is 31.9 Å². The van der Waals surface area contributed by atoms with E-state index in [-0.39, 0.29) is 12.5 Å². The summed E-state index contributed by atoms with van der Waals surface area (Å²) in [5.41, 5.74) is 6.03. The van der Waals surface area contributed by atoms with Crippen molar-refractivity contribution in [1.82, 2.24) is 5.32 Å². The molecule has 0 aliphatic heterocycles. The molecule has 0 radical (unpaired) electrons. The fourth-order valence-electron chi connectivity index (χ4n) is 1.37. The molecule has 17 heavy (non-hydrogen) atoms. The number of hydrogen-bond acceptors (Lipinski definition) is 3. The highest BCUT2D eigenvalue weighted by Crippen LogP contribution is 2.32. The number of halogens is 2. The predicted molar refractivity (Wildman–Crippen MR) is 73.9 cm³/mol. The van der Waals surface area contributed by atoms with Gasteiger partial charge in [-0.25, -0.2) is 0 Å². The van der Waals surface area contributed by atoms with Gasteiger partial charge in [0.25, 0.3) is 0 Å². The van der Waals surface area contributed by atoms with Gasteiger partial charge < -0.3 is 15.8 Å². The van der Waals surface area contributed by atoms with Gasteiger partial charge in [0, 0.05) is 16.6 Å². The quantitative estimate of drug-likeness (QED) is 0.812. The van der Waals surface area contributed by atoms with Crippen LogP contribution in [0.1, 0.15) is 12.5 Å². The SMILES string of the molecule is CCOc1c(Br)cc(Br)cc1CNCC(N)=O. The molecule has 0 spiro atoms. The topological polar surface area (TPSA) is 64.3 Å². The van der Waals surface area contributed by atoms with Gasteiger partial charge in [-0.2, -0.15) is 0 Å². The number of primary amides is 1. The molecule has 0 aliphatic carbocycles. The van der Waals surface area contributed by atoms with Gasteiger partial charge in [0.05, 0.1) is 17.6 Å². The predicted octanol–water partition coefficient (Wildman–Crippen LogP) is 2.19. The first-order chi connectivity index (χ1) is 8.04. The molecule has 0 aromatic heterocycles. The van der Waals surface area contributed by atoms with Crippen LogP contribution in [-0.2, 0) is 11.3 Å². The molecule has 0 atom stereocenters. The highest BCUT2D eigenvalue weighted by atomic mass is 79.9. The number of benzene rings is 1. The van der Waals surface area contributed by atoms with E-state index in [1.165, 1.54) is 0 Å². The molecule has 0 heterocycles. The van der Waals surface area contributed by atoms with E-state index in [0.29, 0.717) is 13.2 Å². The minimum atomic E-state index is -0.378. The summed E-state index contributed by atoms with van der Waals surface area (Å²) >= 11 is 6.86. The molecule has 1 aromatic carbocycles. The molecular formula is C11H14Br2N2O2. The summed E-state index contributed by atoms with van der Waals surface area (Å²) in [4.78, 5) is 10.6. The van der Waals surface area contributed by atoms with Crippen molar-refractivity contribution >= 4 is 37.8 Å². The molecule has 1 rings (SSSR count). The number of ether oxygens (including phenoxy) is 1. The summed E-state index contributed by atoms with van der Waals surface area (Å²) in [5.74, 6) is 0.407. The van der Waals surface area contributed by atoms with Gasteiger partial charge >= 0.3 is 0 Å². The van der Waals surface area contributed by atoms with Crippen LogP contribution in [0.5, 0.6) is 5.75 Å². The molecule has 0 fully saturated rings. The number of carbonyl (C=O) groups excluding carboxylic acids is 1. The number of nitrogens with one attached hydrogen (secondary N) is 1. The van der Waals surface area contributed by atoms with Crippen LogP contribution in [-0.4, -0.2) is 19.1 Å². The van der Waals surface area contributed by atoms with Gasteiger partial charge in [0.2, 0.25) is 5.91 Å². The maximum Gasteiger partial charge on any atom is 0.231 e. The molecule has 0 saturated heterocycles. The summed E-state index contributed by atoms with van der Waals surface area (Å²) in [7, 11) is 0. The van der Waals surface area contributed by atoms with E-state index in [4.69, 9.17) is 10.5 Å². The van der Waals surface area contributed by atoms with Crippen LogP contribution in [0.2, 0.25) is 0 Å². The maximum absolute atomic E-state index is 10.6. The highest BCUT2D eigenvalue weighted by Gasteiger charge is 2.09.